The van der Waals surface area contributed by atoms with Gasteiger partial charge in [0.25, 0.3) is 0 Å². The third-order valence-electron chi connectivity index (χ3n) is 3.00. The molecule has 16 heavy (non-hydrogen) atoms. The fraction of sp³-hybridized carbons (Fsp3) is 0.500. The Morgan fingerprint density at radius 2 is 2.00 bits per heavy atom. The van der Waals surface area contributed by atoms with Crippen LogP contribution < -0.4 is 5.32 Å². The van der Waals surface area contributed by atoms with Gasteiger partial charge in [0.05, 0.1) is 5.02 Å². The fourth-order valence-electron chi connectivity index (χ4n) is 2.10. The van der Waals surface area contributed by atoms with Crippen LogP contribution in [0, 0.1) is 5.82 Å². The maximum atomic E-state index is 13.8. The molecule has 1 aliphatic heterocycles. The molecule has 1 N–H and O–H groups in total. The van der Waals surface area contributed by atoms with E-state index in [0.717, 1.165) is 13.0 Å². The van der Waals surface area contributed by atoms with Crippen LogP contribution in [-0.4, -0.2) is 12.6 Å². The number of hydrogen-bond donors (Lipinski definition) is 1. The monoisotopic (exact) mass is 261 g/mol. The lowest BCUT2D eigenvalue weighted by Gasteiger charge is -2.24. The van der Waals surface area contributed by atoms with Crippen molar-refractivity contribution in [2.45, 2.75) is 31.7 Å². The average molecular weight is 262 g/mol. The van der Waals surface area contributed by atoms with Crippen molar-refractivity contribution in [3.63, 3.8) is 0 Å². The van der Waals surface area contributed by atoms with Crippen LogP contribution in [0.1, 0.15) is 24.8 Å². The number of benzene rings is 1. The topological polar surface area (TPSA) is 12.0 Å². The number of hydrogen-bond acceptors (Lipinski definition) is 1. The second-order valence-corrected chi connectivity index (χ2v) is 4.99. The lowest BCUT2D eigenvalue weighted by molar-refractivity contribution is 0.395. The van der Waals surface area contributed by atoms with Gasteiger partial charge in [0.15, 0.2) is 0 Å². The maximum Gasteiger partial charge on any atom is 0.146 e. The van der Waals surface area contributed by atoms with Crippen molar-refractivity contribution in [2.24, 2.45) is 0 Å². The zero-order chi connectivity index (χ0) is 11.5. The highest BCUT2D eigenvalue weighted by atomic mass is 35.5. The predicted molar refractivity (Wildman–Crippen MR) is 65.8 cm³/mol. The molecule has 0 spiro atoms. The molecule has 1 aromatic carbocycles. The molecule has 1 aliphatic rings. The summed E-state index contributed by atoms with van der Waals surface area (Å²) in [5, 5.41) is 3.99. The van der Waals surface area contributed by atoms with Crippen LogP contribution in [0.3, 0.4) is 0 Å². The van der Waals surface area contributed by atoms with Crippen LogP contribution in [0.5, 0.6) is 0 Å². The highest BCUT2D eigenvalue weighted by molar-refractivity contribution is 6.33. The van der Waals surface area contributed by atoms with Gasteiger partial charge >= 0.3 is 0 Å². The quantitative estimate of drug-likeness (QED) is 0.799. The van der Waals surface area contributed by atoms with E-state index in [1.807, 2.05) is 0 Å². The molecule has 1 saturated heterocycles. The molecule has 0 radical (unpaired) electrons. The smallest absolute Gasteiger partial charge is 0.146 e. The zero-order valence-corrected chi connectivity index (χ0v) is 10.4. The molecule has 1 fully saturated rings. The summed E-state index contributed by atoms with van der Waals surface area (Å²) in [7, 11) is 0. The van der Waals surface area contributed by atoms with Crippen molar-refractivity contribution in [1.29, 1.82) is 0 Å². The van der Waals surface area contributed by atoms with Crippen molar-refractivity contribution in [2.75, 3.05) is 6.54 Å². The van der Waals surface area contributed by atoms with Gasteiger partial charge in [-0.15, -0.1) is 0 Å². The second kappa shape index (κ2) is 5.35. The molecule has 0 saturated carbocycles. The Morgan fingerprint density at radius 3 is 2.69 bits per heavy atom. The highest BCUT2D eigenvalue weighted by Gasteiger charge is 2.18. The SMILES string of the molecule is Fc1c(Cl)ccc(Cl)c1CC1CCCCN1. The van der Waals surface area contributed by atoms with Gasteiger partial charge in [-0.3, -0.25) is 0 Å². The van der Waals surface area contributed by atoms with Crippen molar-refractivity contribution in [1.82, 2.24) is 5.32 Å². The molecule has 2 rings (SSSR count). The Hall–Kier alpha value is -0.310. The van der Waals surface area contributed by atoms with Crippen molar-refractivity contribution < 1.29 is 4.39 Å². The minimum Gasteiger partial charge on any atom is -0.314 e. The first kappa shape index (κ1) is 12.2. The summed E-state index contributed by atoms with van der Waals surface area (Å²) in [5.41, 5.74) is 0.536. The van der Waals surface area contributed by atoms with Crippen LogP contribution >= 0.6 is 23.2 Å². The van der Waals surface area contributed by atoms with E-state index in [4.69, 9.17) is 23.2 Å². The van der Waals surface area contributed by atoms with Crippen LogP contribution in [-0.2, 0) is 6.42 Å². The molecular weight excluding hydrogens is 248 g/mol. The molecule has 0 bridgehead atoms. The molecule has 1 unspecified atom stereocenters. The third-order valence-corrected chi connectivity index (χ3v) is 3.65. The minimum absolute atomic E-state index is 0.148. The van der Waals surface area contributed by atoms with E-state index in [1.165, 1.54) is 18.9 Å². The van der Waals surface area contributed by atoms with Crippen LogP contribution in [0.25, 0.3) is 0 Å². The van der Waals surface area contributed by atoms with Crippen LogP contribution in [0.15, 0.2) is 12.1 Å². The highest BCUT2D eigenvalue weighted by Crippen LogP contribution is 2.27. The first-order valence-corrected chi connectivity index (χ1v) is 6.30. The molecule has 1 nitrogen and oxygen atoms in total. The van der Waals surface area contributed by atoms with Crippen molar-refractivity contribution in [3.8, 4) is 0 Å². The molecule has 4 heteroatoms. The van der Waals surface area contributed by atoms with Gasteiger partial charge in [0, 0.05) is 16.6 Å². The molecule has 1 atom stereocenters. The molecular formula is C12H14Cl2FN. The Morgan fingerprint density at radius 1 is 1.25 bits per heavy atom. The summed E-state index contributed by atoms with van der Waals surface area (Å²) in [6.07, 6.45) is 4.08. The summed E-state index contributed by atoms with van der Waals surface area (Å²) in [5.74, 6) is -0.374. The Bertz CT molecular complexity index is 376. The van der Waals surface area contributed by atoms with Gasteiger partial charge in [-0.25, -0.2) is 4.39 Å². The summed E-state index contributed by atoms with van der Waals surface area (Å²) in [6, 6.07) is 3.47. The van der Waals surface area contributed by atoms with Gasteiger partial charge in [-0.2, -0.15) is 0 Å². The van der Waals surface area contributed by atoms with E-state index in [1.54, 1.807) is 6.07 Å². The summed E-state index contributed by atoms with van der Waals surface area (Å²) >= 11 is 11.7. The van der Waals surface area contributed by atoms with E-state index < -0.39 is 0 Å². The van der Waals surface area contributed by atoms with E-state index in [9.17, 15) is 4.39 Å². The van der Waals surface area contributed by atoms with Crippen LogP contribution in [0.4, 0.5) is 4.39 Å². The van der Waals surface area contributed by atoms with E-state index in [-0.39, 0.29) is 10.8 Å². The fourth-order valence-corrected chi connectivity index (χ4v) is 2.50. The molecule has 0 amide bonds. The van der Waals surface area contributed by atoms with E-state index >= 15 is 0 Å². The Kier molecular flexibility index (Phi) is 4.06. The van der Waals surface area contributed by atoms with E-state index in [0.29, 0.717) is 23.0 Å². The van der Waals surface area contributed by atoms with Crippen LogP contribution in [0.2, 0.25) is 10.0 Å². The lowest BCUT2D eigenvalue weighted by Crippen LogP contribution is -2.35. The number of piperidine rings is 1. The Balaban J connectivity index is 2.16. The average Bonchev–Trinajstić information content (AvgIpc) is 2.31. The first-order chi connectivity index (χ1) is 7.68. The number of halogens is 3. The first-order valence-electron chi connectivity index (χ1n) is 5.54. The Labute approximate surface area is 105 Å². The third kappa shape index (κ3) is 2.68. The second-order valence-electron chi connectivity index (χ2n) is 4.17. The number of nitrogens with one attached hydrogen (secondary N) is 1. The van der Waals surface area contributed by atoms with Gasteiger partial charge in [-0.1, -0.05) is 29.6 Å². The largest absolute Gasteiger partial charge is 0.314 e. The van der Waals surface area contributed by atoms with Crippen molar-refractivity contribution >= 4 is 23.2 Å². The molecule has 88 valence electrons. The number of rotatable bonds is 2. The van der Waals surface area contributed by atoms with Gasteiger partial charge in [0.1, 0.15) is 5.82 Å². The summed E-state index contributed by atoms with van der Waals surface area (Å²) in [4.78, 5) is 0. The van der Waals surface area contributed by atoms with Gasteiger partial charge in [0.2, 0.25) is 0 Å². The van der Waals surface area contributed by atoms with Gasteiger partial charge < -0.3 is 5.32 Å². The predicted octanol–water partition coefficient (Wildman–Crippen LogP) is 3.82. The molecule has 1 aromatic rings. The standard InChI is InChI=1S/C12H14Cl2FN/c13-10-4-5-11(14)12(15)9(10)7-8-3-1-2-6-16-8/h4-5,8,16H,1-3,6-7H2. The van der Waals surface area contributed by atoms with Crippen molar-refractivity contribution in [3.05, 3.63) is 33.6 Å². The molecule has 0 aromatic heterocycles. The zero-order valence-electron chi connectivity index (χ0n) is 8.90. The molecule has 1 heterocycles. The summed E-state index contributed by atoms with van der Waals surface area (Å²) in [6.45, 7) is 1.00. The minimum atomic E-state index is -0.374. The maximum absolute atomic E-state index is 13.8. The summed E-state index contributed by atoms with van der Waals surface area (Å²) < 4.78 is 13.8. The van der Waals surface area contributed by atoms with E-state index in [2.05, 4.69) is 5.32 Å². The van der Waals surface area contributed by atoms with Gasteiger partial charge in [-0.05, 0) is 37.9 Å². The lowest BCUT2D eigenvalue weighted by atomic mass is 9.97. The molecule has 0 aliphatic carbocycles. The normalized spacial score (nSPS) is 21.1.